The summed E-state index contributed by atoms with van der Waals surface area (Å²) in [5.74, 6) is -0.373. The van der Waals surface area contributed by atoms with Crippen molar-refractivity contribution in [3.05, 3.63) is 59.8 Å². The van der Waals surface area contributed by atoms with Crippen LogP contribution < -0.4 is 4.90 Å². The number of anilines is 1. The summed E-state index contributed by atoms with van der Waals surface area (Å²) in [7, 11) is 2.11. The Balaban J connectivity index is 2.05. The third-order valence-electron chi connectivity index (χ3n) is 4.27. The van der Waals surface area contributed by atoms with Gasteiger partial charge in [-0.05, 0) is 37.7 Å². The Morgan fingerprint density at radius 2 is 1.96 bits per heavy atom. The second kappa shape index (κ2) is 6.79. The number of carboxylic acid groups (broad SMARTS) is 1. The van der Waals surface area contributed by atoms with Crippen LogP contribution in [0.15, 0.2) is 48.7 Å². The van der Waals surface area contributed by atoms with E-state index in [1.807, 2.05) is 18.2 Å². The molecule has 1 N–H and O–H groups in total. The molecule has 5 heteroatoms. The predicted octanol–water partition coefficient (Wildman–Crippen LogP) is 2.66. The number of carboxylic acids is 1. The number of rotatable bonds is 3. The molecular formula is C18H21N3O2. The van der Waals surface area contributed by atoms with Crippen molar-refractivity contribution >= 4 is 11.8 Å². The summed E-state index contributed by atoms with van der Waals surface area (Å²) in [6, 6.07) is 13.6. The van der Waals surface area contributed by atoms with Crippen molar-refractivity contribution in [1.29, 1.82) is 0 Å². The highest BCUT2D eigenvalue weighted by atomic mass is 16.4. The number of nitrogens with zero attached hydrogens (tertiary/aromatic N) is 3. The molecule has 1 saturated heterocycles. The number of pyridine rings is 1. The molecule has 0 spiro atoms. The van der Waals surface area contributed by atoms with Gasteiger partial charge in [0.25, 0.3) is 0 Å². The van der Waals surface area contributed by atoms with Gasteiger partial charge < -0.3 is 14.9 Å². The van der Waals surface area contributed by atoms with Gasteiger partial charge in [0.05, 0.1) is 6.04 Å². The lowest BCUT2D eigenvalue weighted by Crippen LogP contribution is -2.34. The van der Waals surface area contributed by atoms with E-state index in [0.29, 0.717) is 5.82 Å². The van der Waals surface area contributed by atoms with Crippen LogP contribution >= 0.6 is 0 Å². The van der Waals surface area contributed by atoms with E-state index >= 15 is 0 Å². The molecule has 1 aromatic heterocycles. The van der Waals surface area contributed by atoms with E-state index in [1.165, 1.54) is 5.56 Å². The Labute approximate surface area is 136 Å². The summed E-state index contributed by atoms with van der Waals surface area (Å²) >= 11 is 0. The maximum atomic E-state index is 11.6. The van der Waals surface area contributed by atoms with Crippen LogP contribution in [0.1, 0.15) is 28.4 Å². The number of aromatic carboxylic acids is 1. The topological polar surface area (TPSA) is 56.7 Å². The molecule has 1 aliphatic rings. The number of hydrogen-bond acceptors (Lipinski definition) is 4. The van der Waals surface area contributed by atoms with E-state index in [4.69, 9.17) is 0 Å². The Bertz CT molecular complexity index is 675. The molecule has 0 amide bonds. The molecule has 1 aromatic carbocycles. The van der Waals surface area contributed by atoms with E-state index < -0.39 is 5.97 Å². The zero-order valence-electron chi connectivity index (χ0n) is 13.2. The summed E-state index contributed by atoms with van der Waals surface area (Å²) in [5, 5.41) is 9.50. The molecule has 0 radical (unpaired) electrons. The first-order valence-electron chi connectivity index (χ1n) is 7.85. The molecule has 0 bridgehead atoms. The van der Waals surface area contributed by atoms with Crippen molar-refractivity contribution in [2.24, 2.45) is 0 Å². The molecule has 5 nitrogen and oxygen atoms in total. The second-order valence-electron chi connectivity index (χ2n) is 5.92. The molecule has 3 rings (SSSR count). The summed E-state index contributed by atoms with van der Waals surface area (Å²) < 4.78 is 0. The van der Waals surface area contributed by atoms with Crippen molar-refractivity contribution in [3.63, 3.8) is 0 Å². The quantitative estimate of drug-likeness (QED) is 0.944. The molecule has 2 aromatic rings. The lowest BCUT2D eigenvalue weighted by Gasteiger charge is -2.33. The average molecular weight is 311 g/mol. The number of carbonyl (C=O) groups is 1. The number of benzene rings is 1. The van der Waals surface area contributed by atoms with Gasteiger partial charge in [0.2, 0.25) is 0 Å². The van der Waals surface area contributed by atoms with Crippen LogP contribution in [0.25, 0.3) is 0 Å². The molecule has 2 heterocycles. The minimum Gasteiger partial charge on any atom is -0.478 e. The van der Waals surface area contributed by atoms with Gasteiger partial charge in [0.1, 0.15) is 11.4 Å². The Morgan fingerprint density at radius 3 is 2.70 bits per heavy atom. The van der Waals surface area contributed by atoms with Crippen molar-refractivity contribution < 1.29 is 9.90 Å². The van der Waals surface area contributed by atoms with Crippen LogP contribution in [0.3, 0.4) is 0 Å². The van der Waals surface area contributed by atoms with Crippen LogP contribution in [0.4, 0.5) is 5.82 Å². The summed E-state index contributed by atoms with van der Waals surface area (Å²) in [6.07, 6.45) is 2.65. The SMILES string of the molecule is CN1CCCN(c2ncccc2C(=O)O)C(c2ccccc2)C1. The maximum absolute atomic E-state index is 11.6. The van der Waals surface area contributed by atoms with E-state index in [2.05, 4.69) is 34.0 Å². The molecule has 0 aliphatic carbocycles. The second-order valence-corrected chi connectivity index (χ2v) is 5.92. The standard InChI is InChI=1S/C18H21N3O2/c1-20-11-6-12-21(16(13-20)14-7-3-2-4-8-14)17-15(18(22)23)9-5-10-19-17/h2-5,7-10,16H,6,11-13H2,1H3,(H,22,23). The van der Waals surface area contributed by atoms with Crippen LogP contribution in [0, 0.1) is 0 Å². The lowest BCUT2D eigenvalue weighted by molar-refractivity contribution is 0.0697. The highest BCUT2D eigenvalue weighted by Gasteiger charge is 2.28. The van der Waals surface area contributed by atoms with Gasteiger partial charge in [-0.1, -0.05) is 30.3 Å². The molecule has 120 valence electrons. The maximum Gasteiger partial charge on any atom is 0.339 e. The van der Waals surface area contributed by atoms with Crippen LogP contribution in [-0.4, -0.2) is 47.6 Å². The van der Waals surface area contributed by atoms with Crippen LogP contribution in [-0.2, 0) is 0 Å². The normalized spacial score (nSPS) is 19.3. The third-order valence-corrected chi connectivity index (χ3v) is 4.27. The fourth-order valence-corrected chi connectivity index (χ4v) is 3.16. The summed E-state index contributed by atoms with van der Waals surface area (Å²) in [6.45, 7) is 2.63. The molecule has 1 atom stereocenters. The van der Waals surface area contributed by atoms with Gasteiger partial charge >= 0.3 is 5.97 Å². The zero-order valence-corrected chi connectivity index (χ0v) is 13.2. The van der Waals surface area contributed by atoms with Crippen molar-refractivity contribution in [2.45, 2.75) is 12.5 Å². The van der Waals surface area contributed by atoms with Crippen molar-refractivity contribution in [1.82, 2.24) is 9.88 Å². The monoisotopic (exact) mass is 311 g/mol. The van der Waals surface area contributed by atoms with Gasteiger partial charge in [-0.2, -0.15) is 0 Å². The molecular weight excluding hydrogens is 290 g/mol. The minimum atomic E-state index is -0.933. The Hall–Kier alpha value is -2.40. The van der Waals surface area contributed by atoms with E-state index in [0.717, 1.165) is 26.1 Å². The first kappa shape index (κ1) is 15.5. The first-order chi connectivity index (χ1) is 11.2. The molecule has 1 fully saturated rings. The average Bonchev–Trinajstić information content (AvgIpc) is 2.77. The number of likely N-dealkylation sites (N-methyl/N-ethyl adjacent to an activating group) is 1. The number of aromatic nitrogens is 1. The minimum absolute atomic E-state index is 0.0942. The first-order valence-corrected chi connectivity index (χ1v) is 7.85. The van der Waals surface area contributed by atoms with E-state index in [1.54, 1.807) is 18.3 Å². The molecule has 1 unspecified atom stereocenters. The van der Waals surface area contributed by atoms with Gasteiger partial charge in [0.15, 0.2) is 0 Å². The number of hydrogen-bond donors (Lipinski definition) is 1. The predicted molar refractivity (Wildman–Crippen MR) is 89.8 cm³/mol. The highest BCUT2D eigenvalue weighted by molar-refractivity contribution is 5.93. The third kappa shape index (κ3) is 3.35. The molecule has 0 saturated carbocycles. The van der Waals surface area contributed by atoms with E-state index in [9.17, 15) is 9.90 Å². The van der Waals surface area contributed by atoms with Crippen LogP contribution in [0.5, 0.6) is 0 Å². The fraction of sp³-hybridized carbons (Fsp3) is 0.333. The molecule has 1 aliphatic heterocycles. The largest absolute Gasteiger partial charge is 0.478 e. The van der Waals surface area contributed by atoms with Crippen LogP contribution in [0.2, 0.25) is 0 Å². The lowest BCUT2D eigenvalue weighted by atomic mass is 10.0. The van der Waals surface area contributed by atoms with E-state index in [-0.39, 0.29) is 11.6 Å². The molecule has 23 heavy (non-hydrogen) atoms. The van der Waals surface area contributed by atoms with Gasteiger partial charge in [0, 0.05) is 19.3 Å². The Morgan fingerprint density at radius 1 is 1.17 bits per heavy atom. The van der Waals surface area contributed by atoms with Gasteiger partial charge in [-0.3, -0.25) is 0 Å². The van der Waals surface area contributed by atoms with Gasteiger partial charge in [-0.15, -0.1) is 0 Å². The van der Waals surface area contributed by atoms with Gasteiger partial charge in [-0.25, -0.2) is 9.78 Å². The summed E-state index contributed by atoms with van der Waals surface area (Å²) in [5.41, 5.74) is 1.45. The summed E-state index contributed by atoms with van der Waals surface area (Å²) in [4.78, 5) is 20.4. The zero-order chi connectivity index (χ0) is 16.2. The Kier molecular flexibility index (Phi) is 4.57. The van der Waals surface area contributed by atoms with Crippen molar-refractivity contribution in [2.75, 3.05) is 31.6 Å². The van der Waals surface area contributed by atoms with Crippen molar-refractivity contribution in [3.8, 4) is 0 Å². The highest BCUT2D eigenvalue weighted by Crippen LogP contribution is 2.30. The fourth-order valence-electron chi connectivity index (χ4n) is 3.16. The smallest absolute Gasteiger partial charge is 0.339 e.